The van der Waals surface area contributed by atoms with Crippen LogP contribution in [0.25, 0.3) is 11.0 Å². The molecule has 1 aliphatic rings. The van der Waals surface area contributed by atoms with Crippen molar-refractivity contribution in [3.05, 3.63) is 59.9 Å². The van der Waals surface area contributed by atoms with E-state index in [4.69, 9.17) is 4.98 Å². The van der Waals surface area contributed by atoms with E-state index in [1.54, 1.807) is 12.1 Å². The molecule has 0 bridgehead atoms. The molecule has 0 unspecified atom stereocenters. The maximum Gasteiger partial charge on any atom is 0.238 e. The van der Waals surface area contributed by atoms with Crippen molar-refractivity contribution in [1.29, 1.82) is 0 Å². The Balaban J connectivity index is 1.69. The average Bonchev–Trinajstić information content (AvgIpc) is 3.38. The van der Waals surface area contributed by atoms with E-state index >= 15 is 0 Å². The fourth-order valence-corrected chi connectivity index (χ4v) is 4.15. The zero-order chi connectivity index (χ0) is 18.1. The van der Waals surface area contributed by atoms with E-state index in [0.29, 0.717) is 0 Å². The van der Waals surface area contributed by atoms with Gasteiger partial charge in [-0.05, 0) is 49.6 Å². The van der Waals surface area contributed by atoms with Crippen LogP contribution in [0.2, 0.25) is 0 Å². The molecule has 4 nitrogen and oxygen atoms in total. The Morgan fingerprint density at radius 3 is 2.69 bits per heavy atom. The number of hydrogen-bond acceptors (Lipinski definition) is 3. The van der Waals surface area contributed by atoms with Crippen LogP contribution in [0.5, 0.6) is 0 Å². The zero-order valence-electron chi connectivity index (χ0n) is 14.5. The summed E-state index contributed by atoms with van der Waals surface area (Å²) in [5.41, 5.74) is 2.75. The van der Waals surface area contributed by atoms with Gasteiger partial charge in [-0.3, -0.25) is 4.79 Å². The van der Waals surface area contributed by atoms with Crippen molar-refractivity contribution < 1.29 is 9.18 Å². The Morgan fingerprint density at radius 1 is 1.27 bits per heavy atom. The van der Waals surface area contributed by atoms with Crippen LogP contribution >= 0.6 is 11.8 Å². The third kappa shape index (κ3) is 3.46. The molecule has 1 amide bonds. The number of thioether (sulfide) groups is 1. The molecule has 1 atom stereocenters. The number of aromatic nitrogens is 2. The molecule has 4 rings (SSSR count). The van der Waals surface area contributed by atoms with Gasteiger partial charge in [0, 0.05) is 12.6 Å². The highest BCUT2D eigenvalue weighted by Gasteiger charge is 2.30. The number of benzene rings is 2. The number of halogens is 1. The summed E-state index contributed by atoms with van der Waals surface area (Å²) in [4.78, 5) is 17.6. The van der Waals surface area contributed by atoms with Gasteiger partial charge in [-0.15, -0.1) is 0 Å². The normalized spacial score (nSPS) is 15.2. The van der Waals surface area contributed by atoms with Crippen LogP contribution in [0.4, 0.5) is 4.39 Å². The number of carbonyl (C=O) groups excluding carboxylic acids is 1. The lowest BCUT2D eigenvalue weighted by Crippen LogP contribution is -2.30. The first kappa shape index (κ1) is 17.1. The Hall–Kier alpha value is -2.34. The van der Waals surface area contributed by atoms with E-state index in [2.05, 4.69) is 16.8 Å². The maximum absolute atomic E-state index is 13.3. The van der Waals surface area contributed by atoms with Gasteiger partial charge in [0.2, 0.25) is 5.91 Å². The van der Waals surface area contributed by atoms with Crippen LogP contribution in [0.1, 0.15) is 30.6 Å². The first-order valence-electron chi connectivity index (χ1n) is 8.83. The molecule has 1 saturated carbocycles. The smallest absolute Gasteiger partial charge is 0.238 e. The summed E-state index contributed by atoms with van der Waals surface area (Å²) in [7, 11) is 0. The lowest BCUT2D eigenvalue weighted by atomic mass is 10.1. The second-order valence-electron chi connectivity index (χ2n) is 6.46. The molecule has 0 aliphatic heterocycles. The van der Waals surface area contributed by atoms with Crippen molar-refractivity contribution in [1.82, 2.24) is 14.9 Å². The summed E-state index contributed by atoms with van der Waals surface area (Å²) in [6.07, 6.45) is 2.06. The van der Waals surface area contributed by atoms with Gasteiger partial charge in [0.15, 0.2) is 5.16 Å². The maximum atomic E-state index is 13.3. The van der Waals surface area contributed by atoms with Gasteiger partial charge in [-0.25, -0.2) is 9.37 Å². The minimum atomic E-state index is -0.460. The number of amides is 1. The molecule has 0 spiro atoms. The molecule has 1 aromatic heterocycles. The molecule has 1 fully saturated rings. The highest BCUT2D eigenvalue weighted by molar-refractivity contribution is 8.00. The monoisotopic (exact) mass is 369 g/mol. The molecule has 26 heavy (non-hydrogen) atoms. The summed E-state index contributed by atoms with van der Waals surface area (Å²) in [6.45, 7) is 2.83. The average molecular weight is 369 g/mol. The van der Waals surface area contributed by atoms with Gasteiger partial charge >= 0.3 is 0 Å². The number of carbonyl (C=O) groups is 1. The molecule has 1 N–H and O–H groups in total. The number of aryl methyl sites for hydroxylation is 1. The number of nitrogens with zero attached hydrogens (tertiary/aromatic N) is 2. The van der Waals surface area contributed by atoms with E-state index in [1.807, 2.05) is 24.3 Å². The Bertz CT molecular complexity index is 934. The first-order valence-corrected chi connectivity index (χ1v) is 9.71. The van der Waals surface area contributed by atoms with E-state index in [-0.39, 0.29) is 17.8 Å². The molecular weight excluding hydrogens is 349 g/mol. The number of imidazole rings is 1. The molecule has 0 saturated heterocycles. The van der Waals surface area contributed by atoms with E-state index in [1.165, 1.54) is 23.9 Å². The number of rotatable bonds is 6. The van der Waals surface area contributed by atoms with Crippen LogP contribution in [-0.4, -0.2) is 21.5 Å². The highest BCUT2D eigenvalue weighted by Crippen LogP contribution is 2.37. The van der Waals surface area contributed by atoms with Crippen LogP contribution in [0.15, 0.2) is 53.7 Å². The van der Waals surface area contributed by atoms with Crippen molar-refractivity contribution in [2.24, 2.45) is 0 Å². The van der Waals surface area contributed by atoms with Gasteiger partial charge in [-0.1, -0.05) is 36.0 Å². The summed E-state index contributed by atoms with van der Waals surface area (Å²) < 4.78 is 15.4. The van der Waals surface area contributed by atoms with Crippen LogP contribution in [-0.2, 0) is 11.3 Å². The van der Waals surface area contributed by atoms with Crippen molar-refractivity contribution >= 4 is 28.7 Å². The molecular formula is C20H20FN3OS. The second kappa shape index (κ2) is 7.11. The van der Waals surface area contributed by atoms with Crippen molar-refractivity contribution in [3.63, 3.8) is 0 Å². The van der Waals surface area contributed by atoms with Gasteiger partial charge < -0.3 is 9.88 Å². The lowest BCUT2D eigenvalue weighted by molar-refractivity contribution is -0.120. The largest absolute Gasteiger partial charge is 0.352 e. The topological polar surface area (TPSA) is 46.9 Å². The fourth-order valence-electron chi connectivity index (χ4n) is 2.97. The van der Waals surface area contributed by atoms with Gasteiger partial charge in [-0.2, -0.15) is 0 Å². The van der Waals surface area contributed by atoms with Crippen LogP contribution < -0.4 is 5.32 Å². The molecule has 134 valence electrons. The quantitative estimate of drug-likeness (QED) is 0.659. The molecule has 6 heteroatoms. The molecule has 1 aliphatic carbocycles. The van der Waals surface area contributed by atoms with E-state index in [9.17, 15) is 9.18 Å². The summed E-state index contributed by atoms with van der Waals surface area (Å²) >= 11 is 1.42. The highest BCUT2D eigenvalue weighted by atomic mass is 32.2. The minimum Gasteiger partial charge on any atom is -0.352 e. The Labute approximate surface area is 155 Å². The number of hydrogen-bond donors (Lipinski definition) is 1. The number of nitrogens with one attached hydrogen (secondary N) is 1. The third-order valence-electron chi connectivity index (χ3n) is 4.49. The third-order valence-corrected chi connectivity index (χ3v) is 5.74. The van der Waals surface area contributed by atoms with E-state index in [0.717, 1.165) is 41.1 Å². The Morgan fingerprint density at radius 2 is 2.00 bits per heavy atom. The number of fused-ring (bicyclic) bond motifs is 1. The number of para-hydroxylation sites is 2. The van der Waals surface area contributed by atoms with E-state index < -0.39 is 5.25 Å². The van der Waals surface area contributed by atoms with Crippen LogP contribution in [0.3, 0.4) is 0 Å². The SMILES string of the molecule is CCn1c(S[C@@H](C(=O)NC2CC2)c2ccc(F)cc2)nc2ccccc21. The molecule has 1 heterocycles. The second-order valence-corrected chi connectivity index (χ2v) is 7.53. The summed E-state index contributed by atoms with van der Waals surface area (Å²) in [5, 5.41) is 3.41. The standard InChI is InChI=1S/C20H20FN3OS/c1-2-24-17-6-4-3-5-16(17)23-20(24)26-18(19(25)22-15-11-12-15)13-7-9-14(21)10-8-13/h3-10,15,18H,2,11-12H2,1H3,(H,22,25)/t18-/m1/s1. The molecule has 2 aromatic carbocycles. The van der Waals surface area contributed by atoms with Crippen molar-refractivity contribution in [2.45, 2.75) is 42.8 Å². The predicted octanol–water partition coefficient (Wildman–Crippen LogP) is 4.31. The van der Waals surface area contributed by atoms with Crippen molar-refractivity contribution in [3.8, 4) is 0 Å². The fraction of sp³-hybridized carbons (Fsp3) is 0.300. The first-order chi connectivity index (χ1) is 12.7. The Kier molecular flexibility index (Phi) is 4.68. The molecule has 3 aromatic rings. The molecule has 0 radical (unpaired) electrons. The predicted molar refractivity (Wildman–Crippen MR) is 102 cm³/mol. The van der Waals surface area contributed by atoms with Gasteiger partial charge in [0.1, 0.15) is 11.1 Å². The summed E-state index contributed by atoms with van der Waals surface area (Å²) in [6, 6.07) is 14.4. The minimum absolute atomic E-state index is 0.0428. The summed E-state index contributed by atoms with van der Waals surface area (Å²) in [5.74, 6) is -0.347. The lowest BCUT2D eigenvalue weighted by Gasteiger charge is -2.17. The van der Waals surface area contributed by atoms with Gasteiger partial charge in [0.05, 0.1) is 11.0 Å². The van der Waals surface area contributed by atoms with Crippen LogP contribution in [0, 0.1) is 5.82 Å². The van der Waals surface area contributed by atoms with Crippen molar-refractivity contribution in [2.75, 3.05) is 0 Å². The zero-order valence-corrected chi connectivity index (χ0v) is 15.3. The van der Waals surface area contributed by atoms with Gasteiger partial charge in [0.25, 0.3) is 0 Å².